The quantitative estimate of drug-likeness (QED) is 0.703. The van der Waals surface area contributed by atoms with E-state index in [0.29, 0.717) is 12.6 Å². The largest absolute Gasteiger partial charge is 0.357 e. The first-order chi connectivity index (χ1) is 11.1. The monoisotopic (exact) mass is 354 g/mol. The number of hydrogen-bond acceptors (Lipinski definition) is 4. The first-order valence-electron chi connectivity index (χ1n) is 8.09. The minimum atomic E-state index is -0.654. The van der Waals surface area contributed by atoms with Gasteiger partial charge in [0.25, 0.3) is 0 Å². The Balaban J connectivity index is 0.00000288. The highest BCUT2D eigenvalue weighted by Gasteiger charge is 2.24. The third-order valence-electron chi connectivity index (χ3n) is 4.23. The Morgan fingerprint density at radius 1 is 1.25 bits per heavy atom. The maximum atomic E-state index is 12.4. The number of halogens is 1. The Morgan fingerprint density at radius 2 is 1.96 bits per heavy atom. The molecule has 0 radical (unpaired) electrons. The zero-order valence-electron chi connectivity index (χ0n) is 14.2. The Kier molecular flexibility index (Phi) is 8.74. The predicted molar refractivity (Wildman–Crippen MR) is 97.2 cm³/mol. The Bertz CT molecular complexity index is 527. The summed E-state index contributed by atoms with van der Waals surface area (Å²) in [6.07, 6.45) is 2.22. The lowest BCUT2D eigenvalue weighted by Gasteiger charge is -2.32. The Labute approximate surface area is 149 Å². The summed E-state index contributed by atoms with van der Waals surface area (Å²) in [6, 6.07) is 9.08. The molecule has 1 aromatic rings. The van der Waals surface area contributed by atoms with Crippen LogP contribution in [0.3, 0.4) is 0 Å². The van der Waals surface area contributed by atoms with E-state index in [1.54, 1.807) is 7.05 Å². The molecule has 134 valence electrons. The second-order valence-electron chi connectivity index (χ2n) is 5.89. The lowest BCUT2D eigenvalue weighted by Crippen LogP contribution is -2.49. The number of nitrogens with one attached hydrogen (secondary N) is 3. The molecular formula is C17H27ClN4O2. The normalized spacial score (nSPS) is 19.0. The molecule has 6 nitrogen and oxygen atoms in total. The Hall–Kier alpha value is -1.63. The zero-order valence-corrected chi connectivity index (χ0v) is 15.1. The van der Waals surface area contributed by atoms with E-state index in [4.69, 9.17) is 0 Å². The minimum Gasteiger partial charge on any atom is -0.357 e. The number of rotatable bonds is 6. The molecule has 7 heteroatoms. The van der Waals surface area contributed by atoms with Gasteiger partial charge in [-0.1, -0.05) is 30.3 Å². The van der Waals surface area contributed by atoms with E-state index in [-0.39, 0.29) is 24.2 Å². The lowest BCUT2D eigenvalue weighted by molar-refractivity contribution is -0.129. The van der Waals surface area contributed by atoms with Crippen molar-refractivity contribution < 1.29 is 9.59 Å². The summed E-state index contributed by atoms with van der Waals surface area (Å²) in [4.78, 5) is 26.6. The predicted octanol–water partition coefficient (Wildman–Crippen LogP) is 0.696. The maximum Gasteiger partial charge on any atom is 0.246 e. The minimum absolute atomic E-state index is 0. The average Bonchev–Trinajstić information content (AvgIpc) is 2.60. The summed E-state index contributed by atoms with van der Waals surface area (Å²) in [5, 5.41) is 8.73. The van der Waals surface area contributed by atoms with Crippen LogP contribution in [0.1, 0.15) is 24.4 Å². The second-order valence-corrected chi connectivity index (χ2v) is 5.89. The third kappa shape index (κ3) is 5.78. The van der Waals surface area contributed by atoms with Gasteiger partial charge in [-0.05, 0) is 32.0 Å². The number of amides is 2. The molecule has 2 atom stereocenters. The van der Waals surface area contributed by atoms with E-state index >= 15 is 0 Å². The van der Waals surface area contributed by atoms with Crippen LogP contribution in [0, 0.1) is 0 Å². The molecule has 0 spiro atoms. The number of likely N-dealkylation sites (tertiary alicyclic amines) is 1. The van der Waals surface area contributed by atoms with Crippen molar-refractivity contribution >= 4 is 24.2 Å². The number of piperidine rings is 1. The SMILES string of the molecule is CNC(=O)C(NC(=O)CN1CCCC(NC)C1)c1ccccc1.Cl. The van der Waals surface area contributed by atoms with Gasteiger partial charge >= 0.3 is 0 Å². The fourth-order valence-corrected chi connectivity index (χ4v) is 2.93. The maximum absolute atomic E-state index is 12.4. The highest BCUT2D eigenvalue weighted by atomic mass is 35.5. The van der Waals surface area contributed by atoms with E-state index in [9.17, 15) is 9.59 Å². The van der Waals surface area contributed by atoms with E-state index < -0.39 is 6.04 Å². The van der Waals surface area contributed by atoms with Crippen LogP contribution in [0.4, 0.5) is 0 Å². The molecule has 1 saturated heterocycles. The number of nitrogens with zero attached hydrogens (tertiary/aromatic N) is 1. The van der Waals surface area contributed by atoms with E-state index in [1.165, 1.54) is 0 Å². The van der Waals surface area contributed by atoms with Crippen LogP contribution in [0.2, 0.25) is 0 Å². The van der Waals surface area contributed by atoms with Crippen molar-refractivity contribution in [3.63, 3.8) is 0 Å². The molecule has 1 aliphatic rings. The van der Waals surface area contributed by atoms with Gasteiger partial charge < -0.3 is 16.0 Å². The standard InChI is InChI=1S/C17H26N4O2.ClH/c1-18-14-9-6-10-21(11-14)12-15(22)20-16(17(23)19-2)13-7-4-3-5-8-13;/h3-5,7-8,14,16,18H,6,9-12H2,1-2H3,(H,19,23)(H,20,22);1H. The molecule has 0 aliphatic carbocycles. The Morgan fingerprint density at radius 3 is 2.58 bits per heavy atom. The first kappa shape index (κ1) is 20.4. The zero-order chi connectivity index (χ0) is 16.7. The van der Waals surface area contributed by atoms with E-state index in [2.05, 4.69) is 20.9 Å². The van der Waals surface area contributed by atoms with Crippen LogP contribution < -0.4 is 16.0 Å². The summed E-state index contributed by atoms with van der Waals surface area (Å²) >= 11 is 0. The van der Waals surface area contributed by atoms with Crippen LogP contribution in [0.25, 0.3) is 0 Å². The topological polar surface area (TPSA) is 73.5 Å². The van der Waals surface area contributed by atoms with Gasteiger partial charge in [-0.25, -0.2) is 0 Å². The van der Waals surface area contributed by atoms with Gasteiger partial charge in [0.1, 0.15) is 6.04 Å². The molecule has 1 fully saturated rings. The molecule has 1 aliphatic heterocycles. The summed E-state index contributed by atoms with van der Waals surface area (Å²) in [5.74, 6) is -0.337. The van der Waals surface area contributed by atoms with Crippen LogP contribution in [0.5, 0.6) is 0 Å². The van der Waals surface area contributed by atoms with E-state index in [0.717, 1.165) is 31.5 Å². The van der Waals surface area contributed by atoms with Gasteiger partial charge in [0.2, 0.25) is 11.8 Å². The van der Waals surface area contributed by atoms with Gasteiger partial charge in [0, 0.05) is 19.6 Å². The molecule has 0 bridgehead atoms. The van der Waals surface area contributed by atoms with Crippen molar-refractivity contribution in [2.45, 2.75) is 24.9 Å². The van der Waals surface area contributed by atoms with Crippen molar-refractivity contribution in [3.8, 4) is 0 Å². The van der Waals surface area contributed by atoms with Gasteiger partial charge in [-0.15, -0.1) is 12.4 Å². The second kappa shape index (κ2) is 10.3. The van der Waals surface area contributed by atoms with Crippen molar-refractivity contribution in [1.29, 1.82) is 0 Å². The molecule has 3 N–H and O–H groups in total. The molecule has 0 aromatic heterocycles. The first-order valence-corrected chi connectivity index (χ1v) is 8.09. The number of carbonyl (C=O) groups is 2. The number of likely N-dealkylation sites (N-methyl/N-ethyl adjacent to an activating group) is 2. The number of benzene rings is 1. The van der Waals surface area contributed by atoms with Crippen LogP contribution >= 0.6 is 12.4 Å². The highest BCUT2D eigenvalue weighted by molar-refractivity contribution is 5.89. The molecule has 0 saturated carbocycles. The average molecular weight is 355 g/mol. The summed E-state index contributed by atoms with van der Waals surface area (Å²) in [6.45, 7) is 2.10. The molecule has 2 amide bonds. The smallest absolute Gasteiger partial charge is 0.246 e. The molecular weight excluding hydrogens is 328 g/mol. The summed E-state index contributed by atoms with van der Waals surface area (Å²) in [7, 11) is 3.53. The van der Waals surface area contributed by atoms with Gasteiger partial charge in [-0.3, -0.25) is 14.5 Å². The van der Waals surface area contributed by atoms with Crippen molar-refractivity contribution in [2.24, 2.45) is 0 Å². The van der Waals surface area contributed by atoms with E-state index in [1.807, 2.05) is 37.4 Å². The molecule has 1 heterocycles. The third-order valence-corrected chi connectivity index (χ3v) is 4.23. The van der Waals surface area contributed by atoms with Gasteiger partial charge in [0.15, 0.2) is 0 Å². The number of carbonyl (C=O) groups excluding carboxylic acids is 2. The van der Waals surface area contributed by atoms with Crippen LogP contribution in [-0.4, -0.2) is 56.5 Å². The van der Waals surface area contributed by atoms with Gasteiger partial charge in [-0.2, -0.15) is 0 Å². The molecule has 2 rings (SSSR count). The van der Waals surface area contributed by atoms with Crippen molar-refractivity contribution in [2.75, 3.05) is 33.7 Å². The fraction of sp³-hybridized carbons (Fsp3) is 0.529. The fourth-order valence-electron chi connectivity index (χ4n) is 2.93. The van der Waals surface area contributed by atoms with Crippen LogP contribution in [0.15, 0.2) is 30.3 Å². The molecule has 2 unspecified atom stereocenters. The lowest BCUT2D eigenvalue weighted by atomic mass is 10.1. The highest BCUT2D eigenvalue weighted by Crippen LogP contribution is 2.13. The summed E-state index contributed by atoms with van der Waals surface area (Å²) in [5.41, 5.74) is 0.784. The van der Waals surface area contributed by atoms with Crippen LogP contribution in [-0.2, 0) is 9.59 Å². The number of hydrogen-bond donors (Lipinski definition) is 3. The van der Waals surface area contributed by atoms with Gasteiger partial charge in [0.05, 0.1) is 6.54 Å². The molecule has 1 aromatic carbocycles. The van der Waals surface area contributed by atoms with Crippen molar-refractivity contribution in [1.82, 2.24) is 20.9 Å². The molecule has 24 heavy (non-hydrogen) atoms. The van der Waals surface area contributed by atoms with Crippen molar-refractivity contribution in [3.05, 3.63) is 35.9 Å². The summed E-state index contributed by atoms with van der Waals surface area (Å²) < 4.78 is 0.